The molecule has 0 radical (unpaired) electrons. The Morgan fingerprint density at radius 3 is 2.64 bits per heavy atom. The van der Waals surface area contributed by atoms with Gasteiger partial charge in [-0.25, -0.2) is 22.9 Å². The fraction of sp³-hybridized carbons (Fsp3) is 0.364. The smallest absolute Gasteiger partial charge is 0.407 e. The molecular weight excluding hydrogens is 441 g/mol. The summed E-state index contributed by atoms with van der Waals surface area (Å²) in [5.41, 5.74) is 1.29. The maximum Gasteiger partial charge on any atom is 0.407 e. The average molecular weight is 460 g/mol. The van der Waals surface area contributed by atoms with Crippen molar-refractivity contribution < 1.29 is 32.6 Å². The molecule has 1 unspecified atom stereocenters. The van der Waals surface area contributed by atoms with E-state index >= 15 is 0 Å². The highest BCUT2D eigenvalue weighted by atomic mass is 19.3. The lowest BCUT2D eigenvalue weighted by atomic mass is 10.0. The van der Waals surface area contributed by atoms with Crippen LogP contribution in [-0.4, -0.2) is 58.3 Å². The zero-order valence-electron chi connectivity index (χ0n) is 17.2. The molecule has 0 spiro atoms. The fourth-order valence-corrected chi connectivity index (χ4v) is 3.64. The fourth-order valence-electron chi connectivity index (χ4n) is 3.64. The van der Waals surface area contributed by atoms with Gasteiger partial charge in [0, 0.05) is 25.6 Å². The molecule has 2 N–H and O–H groups in total. The van der Waals surface area contributed by atoms with Crippen molar-refractivity contribution in [1.29, 1.82) is 5.26 Å². The largest absolute Gasteiger partial charge is 0.486 e. The number of nitrogens with zero attached hydrogens (tertiary/aromatic N) is 3. The first-order valence-electron chi connectivity index (χ1n) is 10.2. The number of pyridine rings is 1. The van der Waals surface area contributed by atoms with E-state index < -0.39 is 42.5 Å². The second-order valence-electron chi connectivity index (χ2n) is 7.95. The number of carbonyl (C=O) groups is 2. The lowest BCUT2D eigenvalue weighted by molar-refractivity contribution is -0.119. The van der Waals surface area contributed by atoms with E-state index in [2.05, 4.69) is 10.3 Å². The highest BCUT2D eigenvalue weighted by Gasteiger charge is 2.61. The maximum atomic E-state index is 14.4. The van der Waals surface area contributed by atoms with Gasteiger partial charge in [0.2, 0.25) is 5.91 Å². The van der Waals surface area contributed by atoms with Gasteiger partial charge < -0.3 is 20.1 Å². The molecule has 1 saturated heterocycles. The lowest BCUT2D eigenvalue weighted by Crippen LogP contribution is -2.48. The molecule has 1 aromatic carbocycles. The molecule has 1 aromatic heterocycles. The number of nitrogens with one attached hydrogen (secondary N) is 1. The molecule has 0 bridgehead atoms. The Kier molecular flexibility index (Phi) is 5.84. The SMILES string of the molecule is N#Cc1cc(-c2ccnc(NC(=O)C3CC3(F)F)c2)ccc1O[C@H]1CCN(C(=O)O)C[C@H]1F. The number of carboxylic acid groups (broad SMARTS) is 1. The summed E-state index contributed by atoms with van der Waals surface area (Å²) in [4.78, 5) is 27.8. The molecule has 2 aliphatic rings. The van der Waals surface area contributed by atoms with Gasteiger partial charge in [0.25, 0.3) is 5.92 Å². The van der Waals surface area contributed by atoms with Gasteiger partial charge in [-0.15, -0.1) is 0 Å². The number of halogens is 3. The van der Waals surface area contributed by atoms with Crippen LogP contribution in [0.1, 0.15) is 18.4 Å². The number of ether oxygens (including phenoxy) is 1. The van der Waals surface area contributed by atoms with Crippen LogP contribution in [0, 0.1) is 17.2 Å². The first kappa shape index (κ1) is 22.4. The highest BCUT2D eigenvalue weighted by Crippen LogP contribution is 2.49. The molecule has 2 fully saturated rings. The van der Waals surface area contributed by atoms with Gasteiger partial charge in [-0.05, 0) is 35.4 Å². The van der Waals surface area contributed by atoms with Crippen LogP contribution in [0.4, 0.5) is 23.8 Å². The summed E-state index contributed by atoms with van der Waals surface area (Å²) < 4.78 is 46.2. The topological polar surface area (TPSA) is 116 Å². The molecule has 8 nitrogen and oxygen atoms in total. The zero-order chi connectivity index (χ0) is 23.8. The normalized spacial score (nSPS) is 23.3. The molecule has 3 atom stereocenters. The minimum atomic E-state index is -2.98. The van der Waals surface area contributed by atoms with Gasteiger partial charge in [0.1, 0.15) is 29.7 Å². The van der Waals surface area contributed by atoms with Gasteiger partial charge in [0.05, 0.1) is 12.1 Å². The molecule has 33 heavy (non-hydrogen) atoms. The molecule has 1 saturated carbocycles. The van der Waals surface area contributed by atoms with Gasteiger partial charge in [-0.1, -0.05) is 6.07 Å². The molecule has 2 aromatic rings. The molecule has 4 rings (SSSR count). The number of amides is 2. The predicted octanol–water partition coefficient (Wildman–Crippen LogP) is 3.68. The number of aromatic nitrogens is 1. The minimum absolute atomic E-state index is 0.101. The number of piperidine rings is 1. The van der Waals surface area contributed by atoms with Crippen molar-refractivity contribution in [2.75, 3.05) is 18.4 Å². The summed E-state index contributed by atoms with van der Waals surface area (Å²) >= 11 is 0. The third-order valence-corrected chi connectivity index (χ3v) is 5.62. The number of anilines is 1. The average Bonchev–Trinajstić information content (AvgIpc) is 3.43. The van der Waals surface area contributed by atoms with Gasteiger partial charge >= 0.3 is 6.09 Å². The van der Waals surface area contributed by atoms with Crippen LogP contribution in [0.2, 0.25) is 0 Å². The van der Waals surface area contributed by atoms with Crippen molar-refractivity contribution >= 4 is 17.8 Å². The van der Waals surface area contributed by atoms with Crippen LogP contribution in [0.5, 0.6) is 5.75 Å². The number of carbonyl (C=O) groups excluding carboxylic acids is 1. The first-order valence-corrected chi connectivity index (χ1v) is 10.2. The molecular formula is C22H19F3N4O4. The van der Waals surface area contributed by atoms with Crippen molar-refractivity contribution in [1.82, 2.24) is 9.88 Å². The Bertz CT molecular complexity index is 1140. The summed E-state index contributed by atoms with van der Waals surface area (Å²) in [5, 5.41) is 20.9. The zero-order valence-corrected chi connectivity index (χ0v) is 17.2. The first-order chi connectivity index (χ1) is 15.7. The third kappa shape index (κ3) is 4.84. The number of hydrogen-bond donors (Lipinski definition) is 2. The number of alkyl halides is 3. The Morgan fingerprint density at radius 2 is 2.00 bits per heavy atom. The van der Waals surface area contributed by atoms with Crippen LogP contribution < -0.4 is 10.1 Å². The third-order valence-electron chi connectivity index (χ3n) is 5.62. The van der Waals surface area contributed by atoms with Crippen molar-refractivity contribution in [3.05, 3.63) is 42.1 Å². The van der Waals surface area contributed by atoms with Crippen LogP contribution in [-0.2, 0) is 4.79 Å². The van der Waals surface area contributed by atoms with E-state index in [0.717, 1.165) is 4.90 Å². The minimum Gasteiger partial charge on any atom is -0.486 e. The molecule has 2 heterocycles. The van der Waals surface area contributed by atoms with Gasteiger partial charge in [-0.3, -0.25) is 4.79 Å². The van der Waals surface area contributed by atoms with Crippen LogP contribution in [0.15, 0.2) is 36.5 Å². The molecule has 1 aliphatic heterocycles. The van der Waals surface area contributed by atoms with Crippen molar-refractivity contribution in [3.8, 4) is 22.9 Å². The second kappa shape index (κ2) is 8.61. The number of rotatable bonds is 5. The summed E-state index contributed by atoms with van der Waals surface area (Å²) in [7, 11) is 0. The van der Waals surface area contributed by atoms with E-state index in [-0.39, 0.29) is 36.6 Å². The van der Waals surface area contributed by atoms with Gasteiger partial charge in [-0.2, -0.15) is 5.26 Å². The molecule has 11 heteroatoms. The Balaban J connectivity index is 1.48. The van der Waals surface area contributed by atoms with Crippen molar-refractivity contribution in [2.24, 2.45) is 5.92 Å². The summed E-state index contributed by atoms with van der Waals surface area (Å²) in [6, 6.07) is 9.77. The van der Waals surface area contributed by atoms with Crippen molar-refractivity contribution in [2.45, 2.75) is 31.0 Å². The Hall–Kier alpha value is -3.81. The summed E-state index contributed by atoms with van der Waals surface area (Å²) in [5.74, 6) is -4.88. The maximum absolute atomic E-state index is 14.4. The number of benzene rings is 1. The molecule has 1 aliphatic carbocycles. The quantitative estimate of drug-likeness (QED) is 0.703. The highest BCUT2D eigenvalue weighted by molar-refractivity contribution is 5.95. The number of hydrogen-bond acceptors (Lipinski definition) is 5. The number of likely N-dealkylation sites (tertiary alicyclic amines) is 1. The van der Waals surface area contributed by atoms with Crippen LogP contribution in [0.25, 0.3) is 11.1 Å². The van der Waals surface area contributed by atoms with E-state index in [9.17, 15) is 28.0 Å². The van der Waals surface area contributed by atoms with Crippen molar-refractivity contribution in [3.63, 3.8) is 0 Å². The summed E-state index contributed by atoms with van der Waals surface area (Å²) in [6.07, 6.45) is -2.56. The van der Waals surface area contributed by atoms with Crippen LogP contribution in [0.3, 0.4) is 0 Å². The second-order valence-corrected chi connectivity index (χ2v) is 7.95. The summed E-state index contributed by atoms with van der Waals surface area (Å²) in [6.45, 7) is -0.184. The Morgan fingerprint density at radius 1 is 1.27 bits per heavy atom. The predicted molar refractivity (Wildman–Crippen MR) is 110 cm³/mol. The van der Waals surface area contributed by atoms with E-state index in [1.807, 2.05) is 6.07 Å². The standard InChI is InChI=1S/C22H19F3N4O4/c23-16-11-29(21(31)32)6-4-18(16)33-17-2-1-12(7-14(17)10-26)13-3-5-27-19(8-13)28-20(30)15-9-22(15,24)25/h1-3,5,7-8,15-16,18H,4,6,9,11H2,(H,31,32)(H,27,28,30)/t15?,16-,18+/m1/s1. The molecule has 2 amide bonds. The molecule has 172 valence electrons. The van der Waals surface area contributed by atoms with E-state index in [1.54, 1.807) is 12.1 Å². The Labute approximate surface area is 186 Å². The van der Waals surface area contributed by atoms with Gasteiger partial charge in [0.15, 0.2) is 6.17 Å². The van der Waals surface area contributed by atoms with E-state index in [0.29, 0.717) is 11.1 Å². The number of nitriles is 1. The lowest BCUT2D eigenvalue weighted by Gasteiger charge is -2.33. The van der Waals surface area contributed by atoms with Crippen LogP contribution >= 0.6 is 0 Å². The van der Waals surface area contributed by atoms with E-state index in [1.165, 1.54) is 24.4 Å². The monoisotopic (exact) mass is 460 g/mol. The van der Waals surface area contributed by atoms with E-state index in [4.69, 9.17) is 9.84 Å².